The Bertz CT molecular complexity index is 610. The molecule has 0 bridgehead atoms. The van der Waals surface area contributed by atoms with Crippen LogP contribution in [-0.4, -0.2) is 25.2 Å². The predicted molar refractivity (Wildman–Crippen MR) is 78.2 cm³/mol. The molecular weight excluding hydrogens is 254 g/mol. The van der Waals surface area contributed by atoms with Crippen LogP contribution in [0.15, 0.2) is 48.5 Å². The number of rotatable bonds is 4. The first-order valence-corrected chi connectivity index (χ1v) is 6.28. The molecule has 20 heavy (non-hydrogen) atoms. The van der Waals surface area contributed by atoms with E-state index < -0.39 is 0 Å². The molecule has 4 nitrogen and oxygen atoms in total. The fraction of sp³-hybridized carbons (Fsp3) is 0.188. The van der Waals surface area contributed by atoms with Crippen LogP contribution < -0.4 is 9.64 Å². The normalized spacial score (nSPS) is 10.1. The van der Waals surface area contributed by atoms with Crippen LogP contribution >= 0.6 is 0 Å². The monoisotopic (exact) mass is 271 g/mol. The van der Waals surface area contributed by atoms with Gasteiger partial charge in [0.1, 0.15) is 11.5 Å². The summed E-state index contributed by atoms with van der Waals surface area (Å²) < 4.78 is 5.15. The van der Waals surface area contributed by atoms with Gasteiger partial charge in [-0.15, -0.1) is 0 Å². The largest absolute Gasteiger partial charge is 0.508 e. The molecule has 0 atom stereocenters. The lowest BCUT2D eigenvalue weighted by Crippen LogP contribution is -2.27. The van der Waals surface area contributed by atoms with Gasteiger partial charge in [0.15, 0.2) is 0 Å². The van der Waals surface area contributed by atoms with Crippen molar-refractivity contribution in [2.24, 2.45) is 0 Å². The number of hydrogen-bond donors (Lipinski definition) is 1. The number of likely N-dealkylation sites (N-methyl/N-ethyl adjacent to an activating group) is 1. The Morgan fingerprint density at radius 3 is 2.65 bits per heavy atom. The van der Waals surface area contributed by atoms with Crippen LogP contribution in [0.5, 0.6) is 11.5 Å². The summed E-state index contributed by atoms with van der Waals surface area (Å²) in [4.78, 5) is 13.8. The van der Waals surface area contributed by atoms with Crippen molar-refractivity contribution in [1.29, 1.82) is 0 Å². The molecule has 0 aliphatic rings. The van der Waals surface area contributed by atoms with Gasteiger partial charge >= 0.3 is 0 Å². The van der Waals surface area contributed by atoms with E-state index in [2.05, 4.69) is 0 Å². The molecule has 0 fully saturated rings. The van der Waals surface area contributed by atoms with Crippen LogP contribution in [0.3, 0.4) is 0 Å². The second-order valence-corrected chi connectivity index (χ2v) is 4.50. The number of carbonyl (C=O) groups excluding carboxylic acids is 1. The first kappa shape index (κ1) is 13.9. The number of methoxy groups -OCH3 is 1. The fourth-order valence-electron chi connectivity index (χ4n) is 1.92. The zero-order valence-electron chi connectivity index (χ0n) is 11.5. The Kier molecular flexibility index (Phi) is 4.25. The highest BCUT2D eigenvalue weighted by Gasteiger charge is 2.12. The summed E-state index contributed by atoms with van der Waals surface area (Å²) in [5.74, 6) is 0.822. The van der Waals surface area contributed by atoms with Gasteiger partial charge in [0.25, 0.3) is 0 Å². The Morgan fingerprint density at radius 1 is 1.20 bits per heavy atom. The molecule has 0 radical (unpaired) electrons. The summed E-state index contributed by atoms with van der Waals surface area (Å²) in [5, 5.41) is 9.41. The minimum Gasteiger partial charge on any atom is -0.508 e. The van der Waals surface area contributed by atoms with Crippen molar-refractivity contribution in [2.45, 2.75) is 6.42 Å². The van der Waals surface area contributed by atoms with E-state index in [-0.39, 0.29) is 18.1 Å². The van der Waals surface area contributed by atoms with E-state index in [1.807, 2.05) is 24.3 Å². The van der Waals surface area contributed by atoms with Crippen molar-refractivity contribution in [2.75, 3.05) is 19.1 Å². The zero-order valence-corrected chi connectivity index (χ0v) is 11.5. The highest BCUT2D eigenvalue weighted by molar-refractivity contribution is 5.94. The van der Waals surface area contributed by atoms with Crippen LogP contribution in [0.2, 0.25) is 0 Å². The molecule has 0 saturated carbocycles. The lowest BCUT2D eigenvalue weighted by molar-refractivity contribution is -0.117. The van der Waals surface area contributed by atoms with Crippen LogP contribution in [0.1, 0.15) is 5.56 Å². The minimum absolute atomic E-state index is 0.0520. The lowest BCUT2D eigenvalue weighted by Gasteiger charge is -2.18. The van der Waals surface area contributed by atoms with Gasteiger partial charge in [-0.2, -0.15) is 0 Å². The second kappa shape index (κ2) is 6.10. The lowest BCUT2D eigenvalue weighted by atomic mass is 10.1. The molecule has 104 valence electrons. The Morgan fingerprint density at radius 2 is 1.95 bits per heavy atom. The standard InChI is InChI=1S/C16H17NO3/c1-17(13-6-4-8-15(11-13)20-2)16(19)10-12-5-3-7-14(18)9-12/h3-9,11,18H,10H2,1-2H3. The van der Waals surface area contributed by atoms with Gasteiger partial charge in [-0.3, -0.25) is 4.79 Å². The Hall–Kier alpha value is -2.49. The minimum atomic E-state index is -0.0520. The van der Waals surface area contributed by atoms with Crippen molar-refractivity contribution < 1.29 is 14.6 Å². The Balaban J connectivity index is 2.12. The molecular formula is C16H17NO3. The summed E-state index contributed by atoms with van der Waals surface area (Å²) >= 11 is 0. The van der Waals surface area contributed by atoms with Crippen LogP contribution in [0.25, 0.3) is 0 Å². The molecule has 0 aromatic heterocycles. The third-order valence-corrected chi connectivity index (χ3v) is 3.08. The molecule has 0 aliphatic carbocycles. The van der Waals surface area contributed by atoms with Gasteiger partial charge in [0.05, 0.1) is 13.5 Å². The fourth-order valence-corrected chi connectivity index (χ4v) is 1.92. The van der Waals surface area contributed by atoms with Crippen molar-refractivity contribution in [3.63, 3.8) is 0 Å². The number of carbonyl (C=O) groups is 1. The van der Waals surface area contributed by atoms with Gasteiger partial charge in [-0.05, 0) is 29.8 Å². The number of phenolic OH excluding ortho intramolecular Hbond substituents is 1. The predicted octanol–water partition coefficient (Wildman–Crippen LogP) is 2.61. The van der Waals surface area contributed by atoms with E-state index in [4.69, 9.17) is 4.74 Å². The molecule has 2 aromatic rings. The quantitative estimate of drug-likeness (QED) is 0.930. The number of phenols is 1. The zero-order chi connectivity index (χ0) is 14.5. The molecule has 0 saturated heterocycles. The number of amides is 1. The summed E-state index contributed by atoms with van der Waals surface area (Å²) in [6.45, 7) is 0. The first-order valence-electron chi connectivity index (χ1n) is 6.28. The highest BCUT2D eigenvalue weighted by atomic mass is 16.5. The van der Waals surface area contributed by atoms with Crippen molar-refractivity contribution in [3.8, 4) is 11.5 Å². The van der Waals surface area contributed by atoms with Crippen molar-refractivity contribution in [1.82, 2.24) is 0 Å². The van der Waals surface area contributed by atoms with E-state index in [1.54, 1.807) is 43.3 Å². The average Bonchev–Trinajstić information content (AvgIpc) is 2.46. The molecule has 4 heteroatoms. The molecule has 1 N–H and O–H groups in total. The first-order chi connectivity index (χ1) is 9.60. The van der Waals surface area contributed by atoms with E-state index in [1.165, 1.54) is 0 Å². The highest BCUT2D eigenvalue weighted by Crippen LogP contribution is 2.21. The third-order valence-electron chi connectivity index (χ3n) is 3.08. The van der Waals surface area contributed by atoms with Crippen LogP contribution in [0.4, 0.5) is 5.69 Å². The molecule has 0 unspecified atom stereocenters. The smallest absolute Gasteiger partial charge is 0.231 e. The van der Waals surface area contributed by atoms with E-state index in [0.29, 0.717) is 5.75 Å². The molecule has 0 spiro atoms. The maximum atomic E-state index is 12.2. The van der Waals surface area contributed by atoms with Gasteiger partial charge < -0.3 is 14.7 Å². The van der Waals surface area contributed by atoms with Gasteiger partial charge in [-0.25, -0.2) is 0 Å². The van der Waals surface area contributed by atoms with Crippen molar-refractivity contribution >= 4 is 11.6 Å². The summed E-state index contributed by atoms with van der Waals surface area (Å²) in [5.41, 5.74) is 1.55. The number of hydrogen-bond acceptors (Lipinski definition) is 3. The second-order valence-electron chi connectivity index (χ2n) is 4.50. The summed E-state index contributed by atoms with van der Waals surface area (Å²) in [6, 6.07) is 14.0. The number of benzene rings is 2. The topological polar surface area (TPSA) is 49.8 Å². The maximum Gasteiger partial charge on any atom is 0.231 e. The number of aromatic hydroxyl groups is 1. The number of nitrogens with zero attached hydrogens (tertiary/aromatic N) is 1. The number of anilines is 1. The van der Waals surface area contributed by atoms with E-state index >= 15 is 0 Å². The van der Waals surface area contributed by atoms with Gasteiger partial charge in [-0.1, -0.05) is 18.2 Å². The molecule has 0 aliphatic heterocycles. The van der Waals surface area contributed by atoms with Crippen LogP contribution in [0, 0.1) is 0 Å². The summed E-state index contributed by atoms with van der Waals surface area (Å²) in [7, 11) is 3.31. The van der Waals surface area contributed by atoms with Crippen molar-refractivity contribution in [3.05, 3.63) is 54.1 Å². The molecule has 2 rings (SSSR count). The third kappa shape index (κ3) is 3.29. The van der Waals surface area contributed by atoms with Gasteiger partial charge in [0.2, 0.25) is 5.91 Å². The molecule has 2 aromatic carbocycles. The van der Waals surface area contributed by atoms with E-state index in [9.17, 15) is 9.90 Å². The SMILES string of the molecule is COc1cccc(N(C)C(=O)Cc2cccc(O)c2)c1. The van der Waals surface area contributed by atoms with E-state index in [0.717, 1.165) is 11.3 Å². The molecule has 0 heterocycles. The van der Waals surface area contributed by atoms with Gasteiger partial charge in [0, 0.05) is 18.8 Å². The number of ether oxygens (including phenoxy) is 1. The van der Waals surface area contributed by atoms with Crippen LogP contribution in [-0.2, 0) is 11.2 Å². The molecule has 1 amide bonds. The maximum absolute atomic E-state index is 12.2. The summed E-state index contributed by atoms with van der Waals surface area (Å²) in [6.07, 6.45) is 0.238. The average molecular weight is 271 g/mol. The Labute approximate surface area is 118 Å².